The molecule has 2 amide bonds. The quantitative estimate of drug-likeness (QED) is 0.789. The highest BCUT2D eigenvalue weighted by atomic mass is 16.2. The van der Waals surface area contributed by atoms with Crippen molar-refractivity contribution in [3.8, 4) is 0 Å². The Bertz CT molecular complexity index is 697. The lowest BCUT2D eigenvalue weighted by Crippen LogP contribution is -2.61. The van der Waals surface area contributed by atoms with Crippen LogP contribution >= 0.6 is 0 Å². The molecule has 0 spiro atoms. The molecule has 4 bridgehead atoms. The van der Waals surface area contributed by atoms with Gasteiger partial charge < -0.3 is 10.6 Å². The Kier molecular flexibility index (Phi) is 4.13. The second-order valence-electron chi connectivity index (χ2n) is 9.90. The first-order valence-electron chi connectivity index (χ1n) is 9.97. The van der Waals surface area contributed by atoms with Crippen molar-refractivity contribution < 1.29 is 9.59 Å². The van der Waals surface area contributed by atoms with E-state index in [0.29, 0.717) is 0 Å². The zero-order valence-corrected chi connectivity index (χ0v) is 16.1. The van der Waals surface area contributed by atoms with E-state index >= 15 is 0 Å². The average molecular weight is 354 g/mol. The molecule has 2 N–H and O–H groups in total. The van der Waals surface area contributed by atoms with E-state index in [-0.39, 0.29) is 11.0 Å². The molecule has 0 aromatic heterocycles. The molecule has 0 heterocycles. The topological polar surface area (TPSA) is 58.2 Å². The number of amides is 2. The molecule has 4 nitrogen and oxygen atoms in total. The molecule has 4 fully saturated rings. The lowest BCUT2D eigenvalue weighted by atomic mass is 9.53. The fraction of sp³-hybridized carbons (Fsp3) is 0.636. The Hall–Kier alpha value is -1.84. The predicted molar refractivity (Wildman–Crippen MR) is 103 cm³/mol. The second-order valence-corrected chi connectivity index (χ2v) is 9.90. The lowest BCUT2D eigenvalue weighted by molar-refractivity contribution is -0.139. The van der Waals surface area contributed by atoms with Gasteiger partial charge in [0.05, 0.1) is 0 Å². The summed E-state index contributed by atoms with van der Waals surface area (Å²) in [6.07, 6.45) is 7.12. The van der Waals surface area contributed by atoms with E-state index in [1.54, 1.807) is 0 Å². The van der Waals surface area contributed by atoms with Gasteiger partial charge in [-0.3, -0.25) is 9.59 Å². The van der Waals surface area contributed by atoms with Gasteiger partial charge in [-0.25, -0.2) is 0 Å². The second kappa shape index (κ2) is 6.11. The van der Waals surface area contributed by atoms with Crippen LogP contribution in [0.3, 0.4) is 0 Å². The normalized spacial score (nSPS) is 32.3. The van der Waals surface area contributed by atoms with Crippen LogP contribution in [-0.2, 0) is 15.0 Å². The van der Waals surface area contributed by atoms with Gasteiger partial charge in [-0.1, -0.05) is 39.0 Å². The number of hydrogen-bond acceptors (Lipinski definition) is 2. The first-order chi connectivity index (χ1) is 12.2. The Morgan fingerprint density at radius 1 is 0.923 bits per heavy atom. The van der Waals surface area contributed by atoms with E-state index in [0.717, 1.165) is 48.3 Å². The van der Waals surface area contributed by atoms with E-state index in [4.69, 9.17) is 0 Å². The van der Waals surface area contributed by atoms with Gasteiger partial charge in [0.15, 0.2) is 0 Å². The van der Waals surface area contributed by atoms with Crippen molar-refractivity contribution in [1.82, 2.24) is 5.32 Å². The molecule has 0 radical (unpaired) electrons. The van der Waals surface area contributed by atoms with E-state index in [2.05, 4.69) is 31.4 Å². The fourth-order valence-corrected chi connectivity index (χ4v) is 5.99. The molecule has 0 aliphatic heterocycles. The van der Waals surface area contributed by atoms with E-state index in [9.17, 15) is 9.59 Å². The maximum absolute atomic E-state index is 12.7. The predicted octanol–water partition coefficient (Wildman–Crippen LogP) is 4.01. The number of nitrogens with one attached hydrogen (secondary N) is 2. The highest BCUT2D eigenvalue weighted by molar-refractivity contribution is 6.39. The zero-order valence-electron chi connectivity index (χ0n) is 16.1. The summed E-state index contributed by atoms with van der Waals surface area (Å²) in [4.78, 5) is 25.3. The molecular formula is C22H30N2O2. The van der Waals surface area contributed by atoms with Crippen molar-refractivity contribution in [3.05, 3.63) is 29.8 Å². The maximum Gasteiger partial charge on any atom is 0.313 e. The van der Waals surface area contributed by atoms with Crippen LogP contribution < -0.4 is 10.6 Å². The SMILES string of the molecule is CC(C)(C)c1ccccc1NC(=O)C(=O)NC12CC3CC(CC(C3)C1)C2. The molecule has 140 valence electrons. The molecule has 4 saturated carbocycles. The zero-order chi connectivity index (χ0) is 18.5. The summed E-state index contributed by atoms with van der Waals surface area (Å²) in [5.74, 6) is 1.21. The minimum absolute atomic E-state index is 0.0969. The van der Waals surface area contributed by atoms with Crippen molar-refractivity contribution >= 4 is 17.5 Å². The van der Waals surface area contributed by atoms with Crippen molar-refractivity contribution in [2.45, 2.75) is 70.3 Å². The molecule has 4 aliphatic rings. The van der Waals surface area contributed by atoms with Gasteiger partial charge in [-0.2, -0.15) is 0 Å². The summed E-state index contributed by atoms with van der Waals surface area (Å²) in [5, 5.41) is 6.00. The largest absolute Gasteiger partial charge is 0.342 e. The van der Waals surface area contributed by atoms with Crippen LogP contribution in [0.15, 0.2) is 24.3 Å². The minimum Gasteiger partial charge on any atom is -0.342 e. The molecular weight excluding hydrogens is 324 g/mol. The van der Waals surface area contributed by atoms with Crippen LogP contribution in [0.25, 0.3) is 0 Å². The Morgan fingerprint density at radius 2 is 1.46 bits per heavy atom. The Balaban J connectivity index is 1.46. The highest BCUT2D eigenvalue weighted by Crippen LogP contribution is 2.55. The van der Waals surface area contributed by atoms with Crippen LogP contribution in [0.4, 0.5) is 5.69 Å². The van der Waals surface area contributed by atoms with Gasteiger partial charge in [-0.15, -0.1) is 0 Å². The average Bonchev–Trinajstić information content (AvgIpc) is 2.52. The first-order valence-corrected chi connectivity index (χ1v) is 9.97. The standard InChI is InChI=1S/C22H30N2O2/c1-21(2,3)17-6-4-5-7-18(17)23-19(25)20(26)24-22-11-14-8-15(12-22)10-16(9-14)13-22/h4-7,14-16H,8-13H2,1-3H3,(H,23,25)(H,24,26). The van der Waals surface area contributed by atoms with Gasteiger partial charge in [0.25, 0.3) is 0 Å². The van der Waals surface area contributed by atoms with E-state index in [1.807, 2.05) is 24.3 Å². The molecule has 1 aromatic rings. The van der Waals surface area contributed by atoms with Crippen molar-refractivity contribution in [2.24, 2.45) is 17.8 Å². The number of carbonyl (C=O) groups excluding carboxylic acids is 2. The van der Waals surface area contributed by atoms with E-state index in [1.165, 1.54) is 19.3 Å². The van der Waals surface area contributed by atoms with Crippen molar-refractivity contribution in [2.75, 3.05) is 5.32 Å². The molecule has 0 unspecified atom stereocenters. The number of carbonyl (C=O) groups is 2. The molecule has 0 saturated heterocycles. The number of rotatable bonds is 2. The molecule has 0 atom stereocenters. The van der Waals surface area contributed by atoms with Gasteiger partial charge in [0.2, 0.25) is 0 Å². The number of benzene rings is 1. The summed E-state index contributed by atoms with van der Waals surface area (Å²) in [6, 6.07) is 7.73. The minimum atomic E-state index is -0.544. The smallest absolute Gasteiger partial charge is 0.313 e. The van der Waals surface area contributed by atoms with Crippen LogP contribution in [-0.4, -0.2) is 17.4 Å². The fourth-order valence-electron chi connectivity index (χ4n) is 5.99. The van der Waals surface area contributed by atoms with Crippen LogP contribution in [0.1, 0.15) is 64.9 Å². The summed E-state index contributed by atoms with van der Waals surface area (Å²) in [7, 11) is 0. The van der Waals surface area contributed by atoms with Crippen molar-refractivity contribution in [3.63, 3.8) is 0 Å². The summed E-state index contributed by atoms with van der Waals surface area (Å²) in [5.41, 5.74) is 1.54. The van der Waals surface area contributed by atoms with Gasteiger partial charge in [0.1, 0.15) is 0 Å². The van der Waals surface area contributed by atoms with Gasteiger partial charge in [-0.05, 0) is 73.3 Å². The van der Waals surface area contributed by atoms with E-state index < -0.39 is 11.8 Å². The van der Waals surface area contributed by atoms with Crippen LogP contribution in [0.5, 0.6) is 0 Å². The number of anilines is 1. The van der Waals surface area contributed by atoms with Gasteiger partial charge >= 0.3 is 11.8 Å². The van der Waals surface area contributed by atoms with Crippen LogP contribution in [0, 0.1) is 17.8 Å². The van der Waals surface area contributed by atoms with Crippen LogP contribution in [0.2, 0.25) is 0 Å². The number of para-hydroxylation sites is 1. The lowest BCUT2D eigenvalue weighted by Gasteiger charge is -2.56. The monoisotopic (exact) mass is 354 g/mol. The third-order valence-corrected chi connectivity index (χ3v) is 6.61. The molecule has 4 aliphatic carbocycles. The number of hydrogen-bond donors (Lipinski definition) is 2. The molecule has 5 rings (SSSR count). The summed E-state index contributed by atoms with van der Waals surface area (Å²) < 4.78 is 0. The maximum atomic E-state index is 12.7. The van der Waals surface area contributed by atoms with Gasteiger partial charge in [0, 0.05) is 11.2 Å². The first kappa shape index (κ1) is 17.6. The Morgan fingerprint density at radius 3 is 2.00 bits per heavy atom. The third kappa shape index (κ3) is 3.26. The molecule has 4 heteroatoms. The third-order valence-electron chi connectivity index (χ3n) is 6.61. The molecule has 26 heavy (non-hydrogen) atoms. The Labute approximate surface area is 156 Å². The highest BCUT2D eigenvalue weighted by Gasteiger charge is 2.51. The van der Waals surface area contributed by atoms with Crippen molar-refractivity contribution in [1.29, 1.82) is 0 Å². The molecule has 1 aromatic carbocycles. The summed E-state index contributed by atoms with van der Waals surface area (Å²) in [6.45, 7) is 6.31. The summed E-state index contributed by atoms with van der Waals surface area (Å²) >= 11 is 0.